The van der Waals surface area contributed by atoms with Crippen molar-refractivity contribution in [3.63, 3.8) is 0 Å². The van der Waals surface area contributed by atoms with Crippen LogP contribution in [0.25, 0.3) is 0 Å². The Hall–Kier alpha value is -1.13. The van der Waals surface area contributed by atoms with E-state index in [1.54, 1.807) is 0 Å². The molecule has 2 heterocycles. The van der Waals surface area contributed by atoms with Crippen LogP contribution in [0.15, 0.2) is 18.2 Å². The standard InChI is InChI=1S/C13H17ClN2O2/c1-10-9-17-13-11(3-2-4-12(13)18-10)15-5-7-16(14)8-6-15/h2-4,10H,5-9H2,1H3. The fraction of sp³-hybridized carbons (Fsp3) is 0.538. The van der Waals surface area contributed by atoms with Gasteiger partial charge in [0.1, 0.15) is 12.7 Å². The first-order valence-corrected chi connectivity index (χ1v) is 6.66. The summed E-state index contributed by atoms with van der Waals surface area (Å²) in [4.78, 5) is 2.30. The molecule has 4 nitrogen and oxygen atoms in total. The second-order valence-corrected chi connectivity index (χ2v) is 5.22. The van der Waals surface area contributed by atoms with Crippen molar-refractivity contribution >= 4 is 17.5 Å². The highest BCUT2D eigenvalue weighted by molar-refractivity contribution is 6.13. The van der Waals surface area contributed by atoms with Crippen LogP contribution >= 0.6 is 11.8 Å². The fourth-order valence-electron chi connectivity index (χ4n) is 2.37. The SMILES string of the molecule is CC1COc2c(cccc2N2CCN(Cl)CC2)O1. The number of ether oxygens (including phenoxy) is 2. The molecule has 1 aromatic carbocycles. The monoisotopic (exact) mass is 268 g/mol. The summed E-state index contributed by atoms with van der Waals surface area (Å²) < 4.78 is 13.5. The molecular formula is C13H17ClN2O2. The molecule has 1 atom stereocenters. The first-order valence-electron chi connectivity index (χ1n) is 6.32. The van der Waals surface area contributed by atoms with Gasteiger partial charge in [-0.05, 0) is 30.8 Å². The summed E-state index contributed by atoms with van der Waals surface area (Å²) in [7, 11) is 0. The summed E-state index contributed by atoms with van der Waals surface area (Å²) in [5.74, 6) is 1.72. The Morgan fingerprint density at radius 1 is 1.22 bits per heavy atom. The molecule has 2 aliphatic rings. The largest absolute Gasteiger partial charge is 0.484 e. The number of piperazine rings is 1. The van der Waals surface area contributed by atoms with Gasteiger partial charge < -0.3 is 14.4 Å². The average Bonchev–Trinajstić information content (AvgIpc) is 2.38. The number of rotatable bonds is 1. The van der Waals surface area contributed by atoms with Gasteiger partial charge in [-0.2, -0.15) is 0 Å². The Labute approximate surface area is 112 Å². The molecule has 1 fully saturated rings. The highest BCUT2D eigenvalue weighted by Crippen LogP contribution is 2.40. The van der Waals surface area contributed by atoms with Gasteiger partial charge in [-0.15, -0.1) is 0 Å². The Bertz CT molecular complexity index is 433. The van der Waals surface area contributed by atoms with Crippen LogP contribution in [0.4, 0.5) is 5.69 Å². The number of fused-ring (bicyclic) bond motifs is 1. The first-order chi connectivity index (χ1) is 8.74. The molecule has 0 N–H and O–H groups in total. The number of nitrogens with zero attached hydrogens (tertiary/aromatic N) is 2. The summed E-state index contributed by atoms with van der Waals surface area (Å²) in [6.07, 6.45) is 0.118. The maximum absolute atomic E-state index is 5.98. The summed E-state index contributed by atoms with van der Waals surface area (Å²) in [5, 5.41) is 0. The van der Waals surface area contributed by atoms with E-state index in [-0.39, 0.29) is 6.10 Å². The molecule has 1 saturated heterocycles. The van der Waals surface area contributed by atoms with Crippen LogP contribution in [-0.4, -0.2) is 43.3 Å². The fourth-order valence-corrected chi connectivity index (χ4v) is 2.52. The van der Waals surface area contributed by atoms with E-state index < -0.39 is 0 Å². The molecule has 3 rings (SSSR count). The third-order valence-electron chi connectivity index (χ3n) is 3.31. The molecule has 0 spiro atoms. The number of hydrogen-bond donors (Lipinski definition) is 0. The summed E-state index contributed by atoms with van der Waals surface area (Å²) in [5.41, 5.74) is 1.11. The summed E-state index contributed by atoms with van der Waals surface area (Å²) in [6, 6.07) is 6.07. The van der Waals surface area contributed by atoms with Gasteiger partial charge in [-0.25, -0.2) is 4.42 Å². The molecule has 0 saturated carbocycles. The predicted molar refractivity (Wildman–Crippen MR) is 71.7 cm³/mol. The maximum Gasteiger partial charge on any atom is 0.184 e. The van der Waals surface area contributed by atoms with Crippen molar-refractivity contribution in [2.75, 3.05) is 37.7 Å². The minimum Gasteiger partial charge on any atom is -0.484 e. The van der Waals surface area contributed by atoms with Crippen LogP contribution < -0.4 is 14.4 Å². The van der Waals surface area contributed by atoms with Gasteiger partial charge in [0.25, 0.3) is 0 Å². The van der Waals surface area contributed by atoms with Crippen molar-refractivity contribution in [1.29, 1.82) is 0 Å². The highest BCUT2D eigenvalue weighted by Gasteiger charge is 2.24. The quantitative estimate of drug-likeness (QED) is 0.729. The number of benzene rings is 1. The molecule has 5 heteroatoms. The van der Waals surface area contributed by atoms with E-state index in [1.165, 1.54) is 0 Å². The molecule has 98 valence electrons. The van der Waals surface area contributed by atoms with Crippen LogP contribution in [-0.2, 0) is 0 Å². The molecular weight excluding hydrogens is 252 g/mol. The number of halogens is 1. The third kappa shape index (κ3) is 2.22. The first kappa shape index (κ1) is 11.9. The zero-order valence-electron chi connectivity index (χ0n) is 10.4. The van der Waals surface area contributed by atoms with Gasteiger partial charge in [0.2, 0.25) is 0 Å². The third-order valence-corrected chi connectivity index (χ3v) is 3.65. The van der Waals surface area contributed by atoms with E-state index in [0.29, 0.717) is 6.61 Å². The van der Waals surface area contributed by atoms with Gasteiger partial charge in [-0.1, -0.05) is 6.07 Å². The van der Waals surface area contributed by atoms with Crippen LogP contribution in [0.2, 0.25) is 0 Å². The highest BCUT2D eigenvalue weighted by atomic mass is 35.5. The van der Waals surface area contributed by atoms with Crippen molar-refractivity contribution in [2.24, 2.45) is 0 Å². The van der Waals surface area contributed by atoms with Crippen LogP contribution in [0.5, 0.6) is 11.5 Å². The lowest BCUT2D eigenvalue weighted by Crippen LogP contribution is -2.42. The lowest BCUT2D eigenvalue weighted by atomic mass is 10.2. The average molecular weight is 269 g/mol. The molecule has 2 aliphatic heterocycles. The topological polar surface area (TPSA) is 24.9 Å². The zero-order valence-corrected chi connectivity index (χ0v) is 11.2. The minimum atomic E-state index is 0.118. The Morgan fingerprint density at radius 3 is 2.78 bits per heavy atom. The van der Waals surface area contributed by atoms with Gasteiger partial charge in [0, 0.05) is 26.2 Å². The van der Waals surface area contributed by atoms with E-state index >= 15 is 0 Å². The van der Waals surface area contributed by atoms with E-state index in [1.807, 2.05) is 23.5 Å². The van der Waals surface area contributed by atoms with Crippen molar-refractivity contribution in [1.82, 2.24) is 4.42 Å². The Morgan fingerprint density at radius 2 is 2.00 bits per heavy atom. The molecule has 0 amide bonds. The lowest BCUT2D eigenvalue weighted by Gasteiger charge is -2.35. The molecule has 1 aromatic rings. The van der Waals surface area contributed by atoms with E-state index in [0.717, 1.165) is 43.4 Å². The van der Waals surface area contributed by atoms with Crippen molar-refractivity contribution in [3.05, 3.63) is 18.2 Å². The summed E-state index contributed by atoms with van der Waals surface area (Å²) >= 11 is 5.98. The van der Waals surface area contributed by atoms with Gasteiger partial charge >= 0.3 is 0 Å². The van der Waals surface area contributed by atoms with E-state index in [9.17, 15) is 0 Å². The number of para-hydroxylation sites is 1. The Kier molecular flexibility index (Phi) is 3.22. The minimum absolute atomic E-state index is 0.118. The maximum atomic E-state index is 5.98. The van der Waals surface area contributed by atoms with Gasteiger partial charge in [-0.3, -0.25) is 0 Å². The smallest absolute Gasteiger partial charge is 0.184 e. The molecule has 1 unspecified atom stereocenters. The second kappa shape index (κ2) is 4.86. The van der Waals surface area contributed by atoms with E-state index in [2.05, 4.69) is 11.0 Å². The van der Waals surface area contributed by atoms with Crippen molar-refractivity contribution in [2.45, 2.75) is 13.0 Å². The van der Waals surface area contributed by atoms with Gasteiger partial charge in [0.05, 0.1) is 5.69 Å². The summed E-state index contributed by atoms with van der Waals surface area (Å²) in [6.45, 7) is 6.18. The normalized spacial score (nSPS) is 24.1. The molecule has 0 radical (unpaired) electrons. The van der Waals surface area contributed by atoms with Crippen LogP contribution in [0.3, 0.4) is 0 Å². The van der Waals surface area contributed by atoms with Crippen molar-refractivity contribution < 1.29 is 9.47 Å². The Balaban J connectivity index is 1.86. The van der Waals surface area contributed by atoms with Crippen LogP contribution in [0, 0.1) is 0 Å². The van der Waals surface area contributed by atoms with E-state index in [4.69, 9.17) is 21.3 Å². The van der Waals surface area contributed by atoms with Crippen LogP contribution in [0.1, 0.15) is 6.92 Å². The van der Waals surface area contributed by atoms with Crippen molar-refractivity contribution in [3.8, 4) is 11.5 Å². The second-order valence-electron chi connectivity index (χ2n) is 4.74. The van der Waals surface area contributed by atoms with Gasteiger partial charge in [0.15, 0.2) is 11.5 Å². The molecule has 0 bridgehead atoms. The molecule has 0 aromatic heterocycles. The number of anilines is 1. The molecule has 18 heavy (non-hydrogen) atoms. The predicted octanol–water partition coefficient (Wildman–Crippen LogP) is 2.12. The zero-order chi connectivity index (χ0) is 12.5. The number of hydrogen-bond acceptors (Lipinski definition) is 4. The molecule has 0 aliphatic carbocycles. The lowest BCUT2D eigenvalue weighted by molar-refractivity contribution is 0.104.